The predicted octanol–water partition coefficient (Wildman–Crippen LogP) is 5.67. The van der Waals surface area contributed by atoms with Crippen molar-refractivity contribution in [3.8, 4) is 0 Å². The number of carbonyl (C=O) groups excluding carboxylic acids is 1. The Kier molecular flexibility index (Phi) is 7.03. The summed E-state index contributed by atoms with van der Waals surface area (Å²) in [5.74, 6) is 0.193. The molecule has 0 radical (unpaired) electrons. The standard InChI is InChI=1S/C27H25ClN2O4S2/c1-19-5-2-3-7-23(19)27-24-13-16-35-25(24)12-14-30(27)26(31)18-29(17-21-6-4-15-34-21)36(32,33)22-10-8-20(28)9-11-22/h2-11,13,15-16,27H,12,14,17-18H2,1H3. The van der Waals surface area contributed by atoms with Gasteiger partial charge in [0.1, 0.15) is 5.76 Å². The molecule has 0 saturated carbocycles. The van der Waals surface area contributed by atoms with Crippen LogP contribution in [0.15, 0.2) is 87.7 Å². The Morgan fingerprint density at radius 2 is 1.86 bits per heavy atom. The first kappa shape index (κ1) is 24.8. The van der Waals surface area contributed by atoms with Crippen molar-refractivity contribution in [3.63, 3.8) is 0 Å². The minimum atomic E-state index is -4.00. The lowest BCUT2D eigenvalue weighted by Crippen LogP contribution is -2.46. The molecule has 0 N–H and O–H groups in total. The number of hydrogen-bond acceptors (Lipinski definition) is 5. The second-order valence-corrected chi connectivity index (χ2v) is 12.1. The lowest BCUT2D eigenvalue weighted by Gasteiger charge is -2.38. The predicted molar refractivity (Wildman–Crippen MR) is 141 cm³/mol. The summed E-state index contributed by atoms with van der Waals surface area (Å²) >= 11 is 7.67. The van der Waals surface area contributed by atoms with Crippen molar-refractivity contribution in [1.29, 1.82) is 0 Å². The maximum absolute atomic E-state index is 13.9. The fraction of sp³-hybridized carbons (Fsp3) is 0.222. The van der Waals surface area contributed by atoms with Crippen molar-refractivity contribution < 1.29 is 17.6 Å². The largest absolute Gasteiger partial charge is 0.468 e. The van der Waals surface area contributed by atoms with E-state index in [-0.39, 0.29) is 29.9 Å². The third-order valence-corrected chi connectivity index (χ3v) is 9.50. The van der Waals surface area contributed by atoms with Crippen molar-refractivity contribution in [2.75, 3.05) is 13.1 Å². The molecule has 36 heavy (non-hydrogen) atoms. The minimum Gasteiger partial charge on any atom is -0.468 e. The molecule has 186 valence electrons. The maximum atomic E-state index is 13.9. The van der Waals surface area contributed by atoms with Gasteiger partial charge < -0.3 is 9.32 Å². The van der Waals surface area contributed by atoms with Crippen LogP contribution in [0.4, 0.5) is 0 Å². The fourth-order valence-corrected chi connectivity index (χ4v) is 7.00. The van der Waals surface area contributed by atoms with Crippen molar-refractivity contribution in [3.05, 3.63) is 111 Å². The van der Waals surface area contributed by atoms with E-state index < -0.39 is 10.0 Å². The quantitative estimate of drug-likeness (QED) is 0.303. The molecule has 6 nitrogen and oxygen atoms in total. The van der Waals surface area contributed by atoms with E-state index in [0.717, 1.165) is 23.1 Å². The first-order valence-corrected chi connectivity index (χ1v) is 14.2. The zero-order chi connectivity index (χ0) is 25.3. The van der Waals surface area contributed by atoms with Crippen molar-refractivity contribution >= 4 is 38.9 Å². The van der Waals surface area contributed by atoms with Crippen LogP contribution in [0.3, 0.4) is 0 Å². The number of amides is 1. The zero-order valence-electron chi connectivity index (χ0n) is 19.6. The van der Waals surface area contributed by atoms with Gasteiger partial charge in [-0.2, -0.15) is 4.31 Å². The number of aryl methyl sites for hydroxylation is 1. The van der Waals surface area contributed by atoms with E-state index in [1.165, 1.54) is 39.7 Å². The van der Waals surface area contributed by atoms with E-state index in [1.54, 1.807) is 23.5 Å². The summed E-state index contributed by atoms with van der Waals surface area (Å²) in [7, 11) is -4.00. The molecule has 9 heteroatoms. The SMILES string of the molecule is Cc1ccccc1C1c2ccsc2CCN1C(=O)CN(Cc1ccco1)S(=O)(=O)c1ccc(Cl)cc1. The third kappa shape index (κ3) is 4.86. The highest BCUT2D eigenvalue weighted by Gasteiger charge is 2.36. The average molecular weight is 541 g/mol. The van der Waals surface area contributed by atoms with Crippen LogP contribution in [0, 0.1) is 6.92 Å². The number of hydrogen-bond donors (Lipinski definition) is 0. The van der Waals surface area contributed by atoms with Gasteiger partial charge in [-0.1, -0.05) is 35.9 Å². The smallest absolute Gasteiger partial charge is 0.243 e. The number of furan rings is 1. The molecule has 0 saturated heterocycles. The summed E-state index contributed by atoms with van der Waals surface area (Å²) in [5, 5.41) is 2.49. The molecule has 2 aromatic heterocycles. The van der Waals surface area contributed by atoms with Crippen LogP contribution in [0.1, 0.15) is 33.4 Å². The van der Waals surface area contributed by atoms with Gasteiger partial charge >= 0.3 is 0 Å². The fourth-order valence-electron chi connectivity index (χ4n) is 4.61. The molecule has 1 aliphatic rings. The summed E-state index contributed by atoms with van der Waals surface area (Å²) in [6, 6.07) is 19.2. The minimum absolute atomic E-state index is 0.0593. The summed E-state index contributed by atoms with van der Waals surface area (Å²) in [4.78, 5) is 17.0. The Bertz CT molecular complexity index is 1460. The monoisotopic (exact) mass is 540 g/mol. The van der Waals surface area contributed by atoms with Gasteiger partial charge in [-0.3, -0.25) is 4.79 Å². The zero-order valence-corrected chi connectivity index (χ0v) is 22.0. The molecule has 0 aliphatic carbocycles. The van der Waals surface area contributed by atoms with Gasteiger partial charge in [-0.25, -0.2) is 8.42 Å². The molecule has 0 bridgehead atoms. The van der Waals surface area contributed by atoms with Crippen LogP contribution in [0.25, 0.3) is 0 Å². The van der Waals surface area contributed by atoms with E-state index in [2.05, 4.69) is 11.4 Å². The Balaban J connectivity index is 1.50. The van der Waals surface area contributed by atoms with Gasteiger partial charge in [0.25, 0.3) is 0 Å². The lowest BCUT2D eigenvalue weighted by atomic mass is 9.90. The number of fused-ring (bicyclic) bond motifs is 1. The molecule has 2 aromatic carbocycles. The molecular formula is C27H25ClN2O4S2. The molecule has 0 fully saturated rings. The number of halogens is 1. The van der Waals surface area contributed by atoms with Crippen molar-refractivity contribution in [1.82, 2.24) is 9.21 Å². The Morgan fingerprint density at radius 1 is 1.08 bits per heavy atom. The molecular weight excluding hydrogens is 516 g/mol. The Morgan fingerprint density at radius 3 is 2.58 bits per heavy atom. The average Bonchev–Trinajstić information content (AvgIpc) is 3.56. The number of nitrogens with zero attached hydrogens (tertiary/aromatic N) is 2. The molecule has 1 atom stereocenters. The highest BCUT2D eigenvalue weighted by atomic mass is 35.5. The molecule has 1 amide bonds. The van der Waals surface area contributed by atoms with Gasteiger partial charge in [-0.15, -0.1) is 11.3 Å². The number of thiophene rings is 1. The maximum Gasteiger partial charge on any atom is 0.243 e. The number of sulfonamides is 1. The summed E-state index contributed by atoms with van der Waals surface area (Å²) < 4.78 is 33.9. The molecule has 0 spiro atoms. The molecule has 1 unspecified atom stereocenters. The highest BCUT2D eigenvalue weighted by Crippen LogP contribution is 2.39. The van der Waals surface area contributed by atoms with Crippen LogP contribution in [-0.2, 0) is 27.8 Å². The van der Waals surface area contributed by atoms with Gasteiger partial charge in [0, 0.05) is 16.4 Å². The van der Waals surface area contributed by atoms with Crippen LogP contribution in [0.5, 0.6) is 0 Å². The van der Waals surface area contributed by atoms with Crippen molar-refractivity contribution in [2.24, 2.45) is 0 Å². The summed E-state index contributed by atoms with van der Waals surface area (Å²) in [5.41, 5.74) is 3.23. The van der Waals surface area contributed by atoms with Gasteiger partial charge in [0.15, 0.2) is 0 Å². The Hall–Kier alpha value is -2.91. The van der Waals surface area contributed by atoms with Crippen LogP contribution >= 0.6 is 22.9 Å². The Labute approximate surface area is 219 Å². The highest BCUT2D eigenvalue weighted by molar-refractivity contribution is 7.89. The van der Waals surface area contributed by atoms with Crippen molar-refractivity contribution in [2.45, 2.75) is 30.8 Å². The molecule has 4 aromatic rings. The normalized spacial score (nSPS) is 15.8. The van der Waals surface area contributed by atoms with E-state index >= 15 is 0 Å². The van der Waals surface area contributed by atoms with E-state index in [1.807, 2.05) is 36.1 Å². The number of rotatable bonds is 7. The molecule has 5 rings (SSSR count). The summed E-state index contributed by atoms with van der Waals surface area (Å²) in [6.07, 6.45) is 2.23. The van der Waals surface area contributed by atoms with E-state index in [4.69, 9.17) is 16.0 Å². The number of benzene rings is 2. The van der Waals surface area contributed by atoms with E-state index in [0.29, 0.717) is 17.3 Å². The molecule has 3 heterocycles. The van der Waals surface area contributed by atoms with Crippen LogP contribution < -0.4 is 0 Å². The summed E-state index contributed by atoms with van der Waals surface area (Å²) in [6.45, 7) is 2.18. The van der Waals surface area contributed by atoms with Crippen LogP contribution in [-0.4, -0.2) is 36.6 Å². The first-order chi connectivity index (χ1) is 17.3. The third-order valence-electron chi connectivity index (χ3n) is 6.44. The topological polar surface area (TPSA) is 70.8 Å². The second kappa shape index (κ2) is 10.2. The van der Waals surface area contributed by atoms with Gasteiger partial charge in [-0.05, 0) is 77.9 Å². The first-order valence-electron chi connectivity index (χ1n) is 11.5. The second-order valence-electron chi connectivity index (χ2n) is 8.70. The van der Waals surface area contributed by atoms with E-state index in [9.17, 15) is 13.2 Å². The van der Waals surface area contributed by atoms with Gasteiger partial charge in [0.05, 0.1) is 30.3 Å². The number of carbonyl (C=O) groups is 1. The van der Waals surface area contributed by atoms with Crippen LogP contribution in [0.2, 0.25) is 5.02 Å². The van der Waals surface area contributed by atoms with Gasteiger partial charge in [0.2, 0.25) is 15.9 Å². The molecule has 1 aliphatic heterocycles. The lowest BCUT2D eigenvalue weighted by molar-refractivity contribution is -0.133.